The van der Waals surface area contributed by atoms with Crippen LogP contribution in [0.5, 0.6) is 0 Å². The molecule has 0 bridgehead atoms. The largest absolute Gasteiger partial charge is 0.352 e. The molecule has 0 radical (unpaired) electrons. The summed E-state index contributed by atoms with van der Waals surface area (Å²) in [5.41, 5.74) is -0.210. The van der Waals surface area contributed by atoms with Crippen molar-refractivity contribution in [1.82, 2.24) is 4.90 Å². The molecule has 0 aromatic carbocycles. The van der Waals surface area contributed by atoms with Crippen LogP contribution in [-0.4, -0.2) is 63.0 Å². The summed E-state index contributed by atoms with van der Waals surface area (Å²) in [5, 5.41) is 0. The highest BCUT2D eigenvalue weighted by molar-refractivity contribution is 7.91. The maximum absolute atomic E-state index is 11.3. The first-order valence-electron chi connectivity index (χ1n) is 6.40. The second-order valence-electron chi connectivity index (χ2n) is 5.66. The molecular weight excluding hydrogens is 254 g/mol. The number of nitrogens with zero attached hydrogens (tertiary/aromatic N) is 1. The quantitative estimate of drug-likeness (QED) is 0.700. The molecule has 0 aromatic rings. The zero-order valence-electron chi connectivity index (χ0n) is 11.8. The Morgan fingerprint density at radius 2 is 1.78 bits per heavy atom. The van der Waals surface area contributed by atoms with Crippen LogP contribution in [0.4, 0.5) is 0 Å². The number of hydrogen-bond donors (Lipinski definition) is 0. The highest BCUT2D eigenvalue weighted by Crippen LogP contribution is 2.11. The molecule has 1 saturated heterocycles. The van der Waals surface area contributed by atoms with Crippen LogP contribution in [0.1, 0.15) is 27.7 Å². The van der Waals surface area contributed by atoms with Gasteiger partial charge in [-0.1, -0.05) is 0 Å². The topological polar surface area (TPSA) is 55.8 Å². The summed E-state index contributed by atoms with van der Waals surface area (Å²) < 4.78 is 33.7. The summed E-state index contributed by atoms with van der Waals surface area (Å²) in [7, 11) is -2.79. The fraction of sp³-hybridized carbons (Fsp3) is 1.00. The third-order valence-corrected chi connectivity index (χ3v) is 4.33. The van der Waals surface area contributed by atoms with Gasteiger partial charge in [0.15, 0.2) is 16.1 Å². The Bertz CT molecular complexity index is 334. The molecule has 1 aliphatic heterocycles. The summed E-state index contributed by atoms with van der Waals surface area (Å²) in [5.74, 6) is 0.530. The molecule has 108 valence electrons. The first-order chi connectivity index (χ1) is 8.18. The first kappa shape index (κ1) is 15.9. The summed E-state index contributed by atoms with van der Waals surface area (Å²) in [6, 6.07) is 0. The highest BCUT2D eigenvalue weighted by atomic mass is 32.2. The fourth-order valence-corrected chi connectivity index (χ4v) is 3.13. The molecule has 1 atom stereocenters. The molecule has 6 heteroatoms. The van der Waals surface area contributed by atoms with E-state index >= 15 is 0 Å². The Morgan fingerprint density at radius 3 is 2.28 bits per heavy atom. The lowest BCUT2D eigenvalue weighted by atomic mass is 10.2. The molecule has 0 N–H and O–H groups in total. The molecule has 18 heavy (non-hydrogen) atoms. The van der Waals surface area contributed by atoms with Gasteiger partial charge in [0.25, 0.3) is 0 Å². The predicted molar refractivity (Wildman–Crippen MR) is 71.3 cm³/mol. The molecule has 0 amide bonds. The summed E-state index contributed by atoms with van der Waals surface area (Å²) >= 11 is 0. The standard InChI is InChI=1S/C12H25NO4S/c1-11(17-12(2,3)4)16-8-5-13-6-9-18(14,15)10-7-13/h11H,5-10H2,1-4H3. The van der Waals surface area contributed by atoms with Gasteiger partial charge in [0, 0.05) is 19.6 Å². The third kappa shape index (κ3) is 6.68. The van der Waals surface area contributed by atoms with Crippen LogP contribution < -0.4 is 0 Å². The summed E-state index contributed by atoms with van der Waals surface area (Å²) in [6.07, 6.45) is -0.237. The molecule has 1 heterocycles. The smallest absolute Gasteiger partial charge is 0.155 e. The van der Waals surface area contributed by atoms with Crippen molar-refractivity contribution in [2.45, 2.75) is 39.6 Å². The van der Waals surface area contributed by atoms with Crippen molar-refractivity contribution in [3.8, 4) is 0 Å². The Kier molecular flexibility index (Phi) is 5.58. The van der Waals surface area contributed by atoms with Gasteiger partial charge in [-0.05, 0) is 27.7 Å². The van der Waals surface area contributed by atoms with E-state index in [1.54, 1.807) is 0 Å². The van der Waals surface area contributed by atoms with Gasteiger partial charge in [0.1, 0.15) is 0 Å². The van der Waals surface area contributed by atoms with Gasteiger partial charge in [0.2, 0.25) is 0 Å². The average molecular weight is 279 g/mol. The Hall–Kier alpha value is -0.170. The lowest BCUT2D eigenvalue weighted by Gasteiger charge is -2.28. The van der Waals surface area contributed by atoms with Crippen molar-refractivity contribution < 1.29 is 17.9 Å². The van der Waals surface area contributed by atoms with Crippen LogP contribution in [0, 0.1) is 0 Å². The number of rotatable bonds is 5. The van der Waals surface area contributed by atoms with Gasteiger partial charge in [0.05, 0.1) is 23.7 Å². The van der Waals surface area contributed by atoms with Crippen LogP contribution in [0.15, 0.2) is 0 Å². The second-order valence-corrected chi connectivity index (χ2v) is 7.97. The lowest BCUT2D eigenvalue weighted by molar-refractivity contribution is -0.186. The molecular formula is C12H25NO4S. The van der Waals surface area contributed by atoms with Gasteiger partial charge in [-0.25, -0.2) is 8.42 Å². The summed E-state index contributed by atoms with van der Waals surface area (Å²) in [4.78, 5) is 2.12. The molecule has 1 rings (SSSR count). The van der Waals surface area contributed by atoms with Crippen LogP contribution in [0.2, 0.25) is 0 Å². The monoisotopic (exact) mass is 279 g/mol. The maximum Gasteiger partial charge on any atom is 0.155 e. The van der Waals surface area contributed by atoms with Crippen molar-refractivity contribution in [1.29, 1.82) is 0 Å². The van der Waals surface area contributed by atoms with Gasteiger partial charge in [-0.15, -0.1) is 0 Å². The second kappa shape index (κ2) is 6.32. The molecule has 1 unspecified atom stereocenters. The highest BCUT2D eigenvalue weighted by Gasteiger charge is 2.21. The van der Waals surface area contributed by atoms with Gasteiger partial charge >= 0.3 is 0 Å². The molecule has 0 aromatic heterocycles. The van der Waals surface area contributed by atoms with Crippen molar-refractivity contribution in [2.75, 3.05) is 37.7 Å². The van der Waals surface area contributed by atoms with E-state index in [-0.39, 0.29) is 23.4 Å². The van der Waals surface area contributed by atoms with E-state index in [0.29, 0.717) is 19.7 Å². The third-order valence-electron chi connectivity index (χ3n) is 2.72. The molecule has 1 aliphatic rings. The minimum absolute atomic E-state index is 0.210. The molecule has 0 saturated carbocycles. The minimum Gasteiger partial charge on any atom is -0.352 e. The van der Waals surface area contributed by atoms with E-state index in [9.17, 15) is 8.42 Å². The zero-order chi connectivity index (χ0) is 13.8. The van der Waals surface area contributed by atoms with Crippen LogP contribution in [0.25, 0.3) is 0 Å². The van der Waals surface area contributed by atoms with Crippen molar-refractivity contribution in [3.05, 3.63) is 0 Å². The van der Waals surface area contributed by atoms with E-state index in [1.807, 2.05) is 27.7 Å². The van der Waals surface area contributed by atoms with E-state index < -0.39 is 9.84 Å². The zero-order valence-corrected chi connectivity index (χ0v) is 12.6. The van der Waals surface area contributed by atoms with Crippen LogP contribution >= 0.6 is 0 Å². The van der Waals surface area contributed by atoms with Crippen molar-refractivity contribution in [2.24, 2.45) is 0 Å². The maximum atomic E-state index is 11.3. The lowest BCUT2D eigenvalue weighted by Crippen LogP contribution is -2.42. The Balaban J connectivity index is 2.15. The van der Waals surface area contributed by atoms with Crippen LogP contribution in [-0.2, 0) is 19.3 Å². The number of ether oxygens (including phenoxy) is 2. The summed E-state index contributed by atoms with van der Waals surface area (Å²) in [6.45, 7) is 10.4. The molecule has 0 spiro atoms. The fourth-order valence-electron chi connectivity index (χ4n) is 1.85. The number of sulfone groups is 1. The van der Waals surface area contributed by atoms with E-state index in [0.717, 1.165) is 6.54 Å². The normalized spacial score (nSPS) is 22.9. The van der Waals surface area contributed by atoms with E-state index in [1.165, 1.54) is 0 Å². The van der Waals surface area contributed by atoms with Crippen LogP contribution in [0.3, 0.4) is 0 Å². The van der Waals surface area contributed by atoms with Gasteiger partial charge in [-0.3, -0.25) is 4.90 Å². The van der Waals surface area contributed by atoms with Crippen molar-refractivity contribution >= 4 is 9.84 Å². The van der Waals surface area contributed by atoms with E-state index in [2.05, 4.69) is 4.90 Å². The van der Waals surface area contributed by atoms with Gasteiger partial charge < -0.3 is 9.47 Å². The van der Waals surface area contributed by atoms with Crippen molar-refractivity contribution in [3.63, 3.8) is 0 Å². The minimum atomic E-state index is -2.79. The van der Waals surface area contributed by atoms with E-state index in [4.69, 9.17) is 9.47 Å². The first-order valence-corrected chi connectivity index (χ1v) is 8.22. The predicted octanol–water partition coefficient (Wildman–Crippen LogP) is 0.894. The SMILES string of the molecule is CC(OCCN1CCS(=O)(=O)CC1)OC(C)(C)C. The average Bonchev–Trinajstić information content (AvgIpc) is 2.18. The van der Waals surface area contributed by atoms with Gasteiger partial charge in [-0.2, -0.15) is 0 Å². The Labute approximate surface area is 110 Å². The Morgan fingerprint density at radius 1 is 1.22 bits per heavy atom. The number of hydrogen-bond acceptors (Lipinski definition) is 5. The molecule has 1 fully saturated rings. The molecule has 5 nitrogen and oxygen atoms in total. The molecule has 0 aliphatic carbocycles.